The molecule has 2 unspecified atom stereocenters. The second-order valence-electron chi connectivity index (χ2n) is 3.94. The highest BCUT2D eigenvalue weighted by Crippen LogP contribution is 2.39. The summed E-state index contributed by atoms with van der Waals surface area (Å²) in [5.74, 6) is -5.75. The predicted molar refractivity (Wildman–Crippen MR) is 54.5 cm³/mol. The molecular weight excluding hydrogens is 232 g/mol. The van der Waals surface area contributed by atoms with Gasteiger partial charge in [0.15, 0.2) is 0 Å². The van der Waals surface area contributed by atoms with Crippen LogP contribution in [0.25, 0.3) is 0 Å². The Balaban J connectivity index is 2.54. The Hall–Kier alpha value is -1.98. The van der Waals surface area contributed by atoms with E-state index in [-0.39, 0.29) is 11.3 Å². The highest BCUT2D eigenvalue weighted by molar-refractivity contribution is 6.05. The smallest absolute Gasteiger partial charge is 0.307 e. The minimum absolute atomic E-state index is 0.00519. The van der Waals surface area contributed by atoms with Gasteiger partial charge in [-0.15, -0.1) is 0 Å². The third-order valence-electron chi connectivity index (χ3n) is 2.84. The van der Waals surface area contributed by atoms with Crippen LogP contribution in [0.2, 0.25) is 0 Å². The highest BCUT2D eigenvalue weighted by atomic mass is 19.1. The van der Waals surface area contributed by atoms with Crippen molar-refractivity contribution in [1.29, 1.82) is 0 Å². The van der Waals surface area contributed by atoms with Crippen molar-refractivity contribution in [2.75, 3.05) is 5.32 Å². The Bertz CT molecular complexity index is 516. The molecule has 1 aliphatic rings. The molecule has 0 saturated carbocycles. The van der Waals surface area contributed by atoms with Gasteiger partial charge in [-0.05, 0) is 6.07 Å². The Kier molecular flexibility index (Phi) is 2.57. The molecule has 2 rings (SSSR count). The molecule has 1 amide bonds. The van der Waals surface area contributed by atoms with E-state index in [1.807, 2.05) is 0 Å². The average molecular weight is 241 g/mol. The normalized spacial score (nSPS) is 19.7. The van der Waals surface area contributed by atoms with Crippen molar-refractivity contribution in [2.45, 2.75) is 12.8 Å². The summed E-state index contributed by atoms with van der Waals surface area (Å²) < 4.78 is 26.5. The summed E-state index contributed by atoms with van der Waals surface area (Å²) >= 11 is 0. The maximum Gasteiger partial charge on any atom is 0.307 e. The predicted octanol–water partition coefficient (Wildman–Crippen LogP) is 1.72. The van der Waals surface area contributed by atoms with Crippen molar-refractivity contribution in [3.8, 4) is 0 Å². The summed E-state index contributed by atoms with van der Waals surface area (Å²) in [5, 5.41) is 11.1. The molecule has 1 aliphatic heterocycles. The van der Waals surface area contributed by atoms with E-state index in [9.17, 15) is 18.4 Å². The fourth-order valence-corrected chi connectivity index (χ4v) is 1.97. The summed E-state index contributed by atoms with van der Waals surface area (Å²) in [7, 11) is 0. The second-order valence-corrected chi connectivity index (χ2v) is 3.94. The van der Waals surface area contributed by atoms with Gasteiger partial charge >= 0.3 is 5.97 Å². The number of amides is 1. The van der Waals surface area contributed by atoms with Crippen LogP contribution in [0.1, 0.15) is 18.4 Å². The molecule has 6 heteroatoms. The third-order valence-corrected chi connectivity index (χ3v) is 2.84. The minimum atomic E-state index is -1.21. The summed E-state index contributed by atoms with van der Waals surface area (Å²) in [6.07, 6.45) is 0. The zero-order valence-electron chi connectivity index (χ0n) is 8.83. The van der Waals surface area contributed by atoms with Gasteiger partial charge in [0.1, 0.15) is 11.6 Å². The van der Waals surface area contributed by atoms with E-state index in [1.165, 1.54) is 6.92 Å². The van der Waals surface area contributed by atoms with Crippen LogP contribution in [-0.4, -0.2) is 17.0 Å². The van der Waals surface area contributed by atoms with Crippen molar-refractivity contribution < 1.29 is 23.5 Å². The maximum atomic E-state index is 13.6. The third kappa shape index (κ3) is 1.75. The van der Waals surface area contributed by atoms with Crippen LogP contribution in [0.15, 0.2) is 12.1 Å². The van der Waals surface area contributed by atoms with Gasteiger partial charge in [-0.2, -0.15) is 0 Å². The van der Waals surface area contributed by atoms with Crippen LogP contribution < -0.4 is 5.32 Å². The van der Waals surface area contributed by atoms with Crippen LogP contribution >= 0.6 is 0 Å². The van der Waals surface area contributed by atoms with Gasteiger partial charge < -0.3 is 10.4 Å². The van der Waals surface area contributed by atoms with Crippen molar-refractivity contribution in [3.63, 3.8) is 0 Å². The number of halogens is 2. The van der Waals surface area contributed by atoms with Gasteiger partial charge in [-0.25, -0.2) is 8.78 Å². The van der Waals surface area contributed by atoms with Crippen LogP contribution in [-0.2, 0) is 9.59 Å². The molecule has 0 radical (unpaired) electrons. The van der Waals surface area contributed by atoms with Crippen LogP contribution in [0.5, 0.6) is 0 Å². The zero-order chi connectivity index (χ0) is 12.7. The minimum Gasteiger partial charge on any atom is -0.481 e. The molecule has 1 aromatic carbocycles. The molecule has 2 N–H and O–H groups in total. The first-order valence-corrected chi connectivity index (χ1v) is 4.94. The fraction of sp³-hybridized carbons (Fsp3) is 0.273. The van der Waals surface area contributed by atoms with E-state index in [1.54, 1.807) is 0 Å². The number of hydrogen-bond acceptors (Lipinski definition) is 2. The van der Waals surface area contributed by atoms with Crippen molar-refractivity contribution in [3.05, 3.63) is 29.3 Å². The molecule has 0 spiro atoms. The first-order chi connectivity index (χ1) is 7.91. The van der Waals surface area contributed by atoms with Gasteiger partial charge in [0.05, 0.1) is 17.5 Å². The molecule has 0 aromatic heterocycles. The lowest BCUT2D eigenvalue weighted by Crippen LogP contribution is -2.25. The van der Waals surface area contributed by atoms with Crippen LogP contribution in [0.4, 0.5) is 14.5 Å². The lowest BCUT2D eigenvalue weighted by Gasteiger charge is -2.13. The Morgan fingerprint density at radius 3 is 2.71 bits per heavy atom. The number of aliphatic carboxylic acids is 1. The molecule has 4 nitrogen and oxygen atoms in total. The second kappa shape index (κ2) is 3.80. The Labute approximate surface area is 95.2 Å². The fourth-order valence-electron chi connectivity index (χ4n) is 1.97. The van der Waals surface area contributed by atoms with Gasteiger partial charge in [0.25, 0.3) is 0 Å². The molecule has 0 fully saturated rings. The van der Waals surface area contributed by atoms with Gasteiger partial charge in [0, 0.05) is 11.6 Å². The van der Waals surface area contributed by atoms with E-state index in [2.05, 4.69) is 5.32 Å². The summed E-state index contributed by atoms with van der Waals surface area (Å²) in [6.45, 7) is 1.31. The van der Waals surface area contributed by atoms with Crippen molar-refractivity contribution in [1.82, 2.24) is 0 Å². The molecule has 1 heterocycles. The number of carbonyl (C=O) groups is 2. The Morgan fingerprint density at radius 2 is 2.12 bits per heavy atom. The number of benzene rings is 1. The summed E-state index contributed by atoms with van der Waals surface area (Å²) in [6, 6.07) is 1.62. The SMILES string of the molecule is CC(C(=O)O)C1C(=O)Nc2cc(F)cc(F)c21. The molecule has 0 aliphatic carbocycles. The van der Waals surface area contributed by atoms with Crippen molar-refractivity contribution >= 4 is 17.6 Å². The van der Waals surface area contributed by atoms with Gasteiger partial charge in [-0.3, -0.25) is 9.59 Å². The molecule has 1 aromatic rings. The van der Waals surface area contributed by atoms with Crippen LogP contribution in [0.3, 0.4) is 0 Å². The topological polar surface area (TPSA) is 66.4 Å². The molecule has 2 atom stereocenters. The number of hydrogen-bond donors (Lipinski definition) is 2. The Morgan fingerprint density at radius 1 is 1.47 bits per heavy atom. The quantitative estimate of drug-likeness (QED) is 0.828. The average Bonchev–Trinajstić information content (AvgIpc) is 2.53. The molecule has 0 saturated heterocycles. The first-order valence-electron chi connectivity index (χ1n) is 4.94. The molecule has 17 heavy (non-hydrogen) atoms. The highest BCUT2D eigenvalue weighted by Gasteiger charge is 2.40. The van der Waals surface area contributed by atoms with Gasteiger partial charge in [-0.1, -0.05) is 6.92 Å². The number of carboxylic acid groups (broad SMARTS) is 1. The summed E-state index contributed by atoms with van der Waals surface area (Å²) in [4.78, 5) is 22.4. The summed E-state index contributed by atoms with van der Waals surface area (Å²) in [5.41, 5.74) is -0.0723. The van der Waals surface area contributed by atoms with Crippen LogP contribution in [0, 0.1) is 17.6 Å². The number of nitrogens with one attached hydrogen (secondary N) is 1. The first kappa shape index (κ1) is 11.5. The molecule has 0 bridgehead atoms. The zero-order valence-corrected chi connectivity index (χ0v) is 8.83. The van der Waals surface area contributed by atoms with E-state index in [0.29, 0.717) is 6.07 Å². The van der Waals surface area contributed by atoms with E-state index in [0.717, 1.165) is 6.07 Å². The number of carboxylic acids is 1. The molecule has 90 valence electrons. The van der Waals surface area contributed by atoms with Gasteiger partial charge in [0.2, 0.25) is 5.91 Å². The number of rotatable bonds is 2. The lowest BCUT2D eigenvalue weighted by atomic mass is 9.88. The van der Waals surface area contributed by atoms with Crippen molar-refractivity contribution in [2.24, 2.45) is 5.92 Å². The number of anilines is 1. The molecular formula is C11H9F2NO3. The number of carbonyl (C=O) groups excluding carboxylic acids is 1. The van der Waals surface area contributed by atoms with E-state index >= 15 is 0 Å². The lowest BCUT2D eigenvalue weighted by molar-refractivity contribution is -0.143. The largest absolute Gasteiger partial charge is 0.481 e. The maximum absolute atomic E-state index is 13.6. The monoisotopic (exact) mass is 241 g/mol. The van der Waals surface area contributed by atoms with E-state index < -0.39 is 35.3 Å². The number of fused-ring (bicyclic) bond motifs is 1. The van der Waals surface area contributed by atoms with E-state index in [4.69, 9.17) is 5.11 Å². The standard InChI is InChI=1S/C11H9F2NO3/c1-4(11(16)17)8-9-6(13)2-5(12)3-7(9)14-10(8)15/h2-4,8H,1H3,(H,14,15)(H,16,17).